The molecule has 0 atom stereocenters. The molecule has 0 radical (unpaired) electrons. The molecule has 0 N–H and O–H groups in total. The van der Waals surface area contributed by atoms with Crippen LogP contribution in [0.4, 0.5) is 4.39 Å². The molecule has 2 heteroatoms. The second kappa shape index (κ2) is 3.86. The van der Waals surface area contributed by atoms with Crippen molar-refractivity contribution in [2.75, 3.05) is 0 Å². The molecule has 0 aliphatic heterocycles. The molecule has 1 aliphatic carbocycles. The summed E-state index contributed by atoms with van der Waals surface area (Å²) in [4.78, 5) is 0. The topological polar surface area (TPSA) is 0 Å². The maximum atomic E-state index is 13.1. The Hall–Kier alpha value is -0.373. The fraction of sp³-hybridized carbons (Fsp3) is 0.556. The zero-order valence-corrected chi connectivity index (χ0v) is 9.28. The van der Waals surface area contributed by atoms with Gasteiger partial charge in [0.15, 0.2) is 0 Å². The molecular weight excluding hydrogens is 155 g/mol. The highest BCUT2D eigenvalue weighted by atomic mass is 28.1. The minimum absolute atomic E-state index is 0.140. The van der Waals surface area contributed by atoms with Crippen LogP contribution in [0.15, 0.2) is 23.0 Å². The zero-order chi connectivity index (χ0) is 8.27. The first kappa shape index (κ1) is 8.72. The van der Waals surface area contributed by atoms with Gasteiger partial charge in [-0.3, -0.25) is 0 Å². The maximum Gasteiger partial charge on any atom is 0.104 e. The van der Waals surface area contributed by atoms with Gasteiger partial charge in [0.25, 0.3) is 0 Å². The molecule has 0 saturated heterocycles. The van der Waals surface area contributed by atoms with Crippen molar-refractivity contribution >= 4 is 10.2 Å². The van der Waals surface area contributed by atoms with Gasteiger partial charge in [0.05, 0.1) is 0 Å². The summed E-state index contributed by atoms with van der Waals surface area (Å²) in [6.45, 7) is 2.02. The summed E-state index contributed by atoms with van der Waals surface area (Å²) in [5, 5.41) is 0. The number of rotatable bonds is 2. The Kier molecular flexibility index (Phi) is 3.06. The molecule has 0 aromatic heterocycles. The van der Waals surface area contributed by atoms with E-state index in [1.807, 2.05) is 6.92 Å². The Morgan fingerprint density at radius 3 is 2.91 bits per heavy atom. The maximum absolute atomic E-state index is 13.1. The van der Waals surface area contributed by atoms with Crippen LogP contribution in [0.2, 0.25) is 6.04 Å². The summed E-state index contributed by atoms with van der Waals surface area (Å²) in [6, 6.07) is 1.17. The van der Waals surface area contributed by atoms with Gasteiger partial charge in [-0.25, -0.2) is 4.39 Å². The van der Waals surface area contributed by atoms with Gasteiger partial charge >= 0.3 is 0 Å². The van der Waals surface area contributed by atoms with E-state index in [4.69, 9.17) is 0 Å². The van der Waals surface area contributed by atoms with E-state index in [9.17, 15) is 4.39 Å². The average Bonchev–Trinajstić information content (AvgIpc) is 1.97. The Balaban J connectivity index is 2.76. The highest BCUT2D eigenvalue weighted by Crippen LogP contribution is 2.28. The van der Waals surface area contributed by atoms with Gasteiger partial charge in [0.2, 0.25) is 0 Å². The summed E-state index contributed by atoms with van der Waals surface area (Å²) in [5.74, 6) is 0.140. The lowest BCUT2D eigenvalue weighted by molar-refractivity contribution is 0.569. The molecule has 0 nitrogen and oxygen atoms in total. The second-order valence-electron chi connectivity index (χ2n) is 3.06. The van der Waals surface area contributed by atoms with Crippen LogP contribution in [0, 0.1) is 0 Å². The first-order valence-corrected chi connectivity index (χ1v) is 5.71. The van der Waals surface area contributed by atoms with Crippen LogP contribution in [-0.4, -0.2) is 10.2 Å². The Morgan fingerprint density at radius 1 is 1.64 bits per heavy atom. The molecule has 11 heavy (non-hydrogen) atoms. The zero-order valence-electron chi connectivity index (χ0n) is 7.28. The molecule has 0 saturated carbocycles. The van der Waals surface area contributed by atoms with E-state index in [1.165, 1.54) is 21.9 Å². The van der Waals surface area contributed by atoms with Gasteiger partial charge in [-0.05, 0) is 30.9 Å². The molecule has 1 rings (SSSR count). The van der Waals surface area contributed by atoms with Crippen molar-refractivity contribution < 1.29 is 4.39 Å². The summed E-state index contributed by atoms with van der Waals surface area (Å²) in [5.41, 5.74) is 2.16. The van der Waals surface area contributed by atoms with Crippen molar-refractivity contribution in [1.82, 2.24) is 0 Å². The minimum atomic E-state index is 0.140. The Labute approximate surface area is 70.6 Å². The van der Waals surface area contributed by atoms with Gasteiger partial charge in [-0.1, -0.05) is 12.1 Å². The molecule has 0 fully saturated rings. The van der Waals surface area contributed by atoms with Gasteiger partial charge in [-0.15, -0.1) is 0 Å². The molecule has 62 valence electrons. The van der Waals surface area contributed by atoms with Crippen molar-refractivity contribution in [2.45, 2.75) is 32.2 Å². The highest BCUT2D eigenvalue weighted by molar-refractivity contribution is 6.08. The van der Waals surface area contributed by atoms with Gasteiger partial charge in [-0.2, -0.15) is 0 Å². The largest absolute Gasteiger partial charge is 0.212 e. The number of hydrogen-bond acceptors (Lipinski definition) is 0. The lowest BCUT2D eigenvalue weighted by atomic mass is 9.96. The smallest absolute Gasteiger partial charge is 0.104 e. The van der Waals surface area contributed by atoms with Crippen LogP contribution in [-0.2, 0) is 0 Å². The molecule has 0 spiro atoms. The van der Waals surface area contributed by atoms with E-state index in [-0.39, 0.29) is 5.83 Å². The van der Waals surface area contributed by atoms with E-state index >= 15 is 0 Å². The van der Waals surface area contributed by atoms with Gasteiger partial charge in [0.1, 0.15) is 5.83 Å². The Morgan fingerprint density at radius 2 is 2.36 bits per heavy atom. The van der Waals surface area contributed by atoms with Crippen molar-refractivity contribution in [2.24, 2.45) is 0 Å². The molecule has 0 unspecified atom stereocenters. The van der Waals surface area contributed by atoms with E-state index in [1.54, 1.807) is 0 Å². The van der Waals surface area contributed by atoms with E-state index < -0.39 is 0 Å². The Bertz CT molecular complexity index is 204. The van der Waals surface area contributed by atoms with Crippen LogP contribution in [0.5, 0.6) is 0 Å². The van der Waals surface area contributed by atoms with E-state index in [2.05, 4.69) is 6.08 Å². The van der Waals surface area contributed by atoms with E-state index in [0.717, 1.165) is 18.4 Å². The number of allylic oxidation sites excluding steroid dienone is 4. The van der Waals surface area contributed by atoms with Crippen LogP contribution < -0.4 is 0 Å². The van der Waals surface area contributed by atoms with Crippen molar-refractivity contribution in [3.63, 3.8) is 0 Å². The molecule has 0 bridgehead atoms. The van der Waals surface area contributed by atoms with Crippen LogP contribution in [0.25, 0.3) is 0 Å². The van der Waals surface area contributed by atoms with Gasteiger partial charge < -0.3 is 0 Å². The summed E-state index contributed by atoms with van der Waals surface area (Å²) in [7, 11) is 1.18. The standard InChI is InChI=1S/C9H15FSi/c1-7-3-2-4-9(10)8(7)5-6-11/h3H,2,4-6H2,1,11H3. The predicted octanol–water partition coefficient (Wildman–Crippen LogP) is 2.12. The van der Waals surface area contributed by atoms with E-state index in [0.29, 0.717) is 6.42 Å². The summed E-state index contributed by atoms with van der Waals surface area (Å²) >= 11 is 0. The highest BCUT2D eigenvalue weighted by Gasteiger charge is 2.11. The molecule has 0 heterocycles. The minimum Gasteiger partial charge on any atom is -0.212 e. The lowest BCUT2D eigenvalue weighted by Gasteiger charge is -2.13. The summed E-state index contributed by atoms with van der Waals surface area (Å²) < 4.78 is 13.1. The quantitative estimate of drug-likeness (QED) is 0.557. The lowest BCUT2D eigenvalue weighted by Crippen LogP contribution is -1.96. The third-order valence-electron chi connectivity index (χ3n) is 2.12. The number of hydrogen-bond donors (Lipinski definition) is 0. The molecule has 0 aromatic rings. The predicted molar refractivity (Wildman–Crippen MR) is 50.5 cm³/mol. The number of halogens is 1. The first-order valence-electron chi connectivity index (χ1n) is 4.30. The first-order chi connectivity index (χ1) is 5.25. The van der Waals surface area contributed by atoms with Crippen LogP contribution in [0.3, 0.4) is 0 Å². The molecule has 0 aromatic carbocycles. The van der Waals surface area contributed by atoms with Crippen LogP contribution >= 0.6 is 0 Å². The fourth-order valence-corrected chi connectivity index (χ4v) is 1.99. The fourth-order valence-electron chi connectivity index (χ4n) is 1.49. The second-order valence-corrected chi connectivity index (χ2v) is 4.06. The third-order valence-corrected chi connectivity index (χ3v) is 2.62. The van der Waals surface area contributed by atoms with Crippen molar-refractivity contribution in [3.05, 3.63) is 23.0 Å². The average molecular weight is 170 g/mol. The monoisotopic (exact) mass is 170 g/mol. The molecule has 1 aliphatic rings. The summed E-state index contributed by atoms with van der Waals surface area (Å²) in [6.07, 6.45) is 4.63. The van der Waals surface area contributed by atoms with Crippen LogP contribution in [0.1, 0.15) is 26.2 Å². The molecule has 0 amide bonds. The van der Waals surface area contributed by atoms with Crippen molar-refractivity contribution in [3.8, 4) is 0 Å². The van der Waals surface area contributed by atoms with Crippen molar-refractivity contribution in [1.29, 1.82) is 0 Å². The molecular formula is C9H15FSi. The van der Waals surface area contributed by atoms with Gasteiger partial charge in [0, 0.05) is 16.7 Å². The normalized spacial score (nSPS) is 18.9. The third kappa shape index (κ3) is 2.03. The SMILES string of the molecule is CC1=CCCC(F)=C1CC[SiH3].